The molecule has 2 rings (SSSR count). The standard InChI is InChI=1S/C12H15ClN2O3/c13-11-7-9(15(16)17)4-5-12(11)14-8-10-3-1-2-6-18-10/h4-5,7,10,14H,1-3,6,8H2. The highest BCUT2D eigenvalue weighted by Gasteiger charge is 2.15. The summed E-state index contributed by atoms with van der Waals surface area (Å²) in [6.07, 6.45) is 3.54. The molecule has 1 N–H and O–H groups in total. The van der Waals surface area contributed by atoms with E-state index in [1.165, 1.54) is 18.6 Å². The fourth-order valence-corrected chi connectivity index (χ4v) is 2.19. The fraction of sp³-hybridized carbons (Fsp3) is 0.500. The maximum Gasteiger partial charge on any atom is 0.271 e. The van der Waals surface area contributed by atoms with E-state index in [9.17, 15) is 10.1 Å². The van der Waals surface area contributed by atoms with Crippen molar-refractivity contribution in [3.63, 3.8) is 0 Å². The maximum absolute atomic E-state index is 10.6. The molecule has 1 heterocycles. The van der Waals surface area contributed by atoms with Crippen LogP contribution >= 0.6 is 11.6 Å². The van der Waals surface area contributed by atoms with Crippen LogP contribution < -0.4 is 5.32 Å². The van der Waals surface area contributed by atoms with Gasteiger partial charge >= 0.3 is 0 Å². The summed E-state index contributed by atoms with van der Waals surface area (Å²) in [5.74, 6) is 0. The highest BCUT2D eigenvalue weighted by Crippen LogP contribution is 2.27. The molecule has 18 heavy (non-hydrogen) atoms. The predicted molar refractivity (Wildman–Crippen MR) is 70.2 cm³/mol. The van der Waals surface area contributed by atoms with Crippen LogP contribution in [0.2, 0.25) is 5.02 Å². The average molecular weight is 271 g/mol. The van der Waals surface area contributed by atoms with Crippen molar-refractivity contribution < 1.29 is 9.66 Å². The quantitative estimate of drug-likeness (QED) is 0.674. The van der Waals surface area contributed by atoms with Gasteiger partial charge in [0.2, 0.25) is 0 Å². The zero-order valence-corrected chi connectivity index (χ0v) is 10.7. The maximum atomic E-state index is 10.6. The summed E-state index contributed by atoms with van der Waals surface area (Å²) < 4.78 is 5.59. The molecule has 1 atom stereocenters. The lowest BCUT2D eigenvalue weighted by atomic mass is 10.1. The lowest BCUT2D eigenvalue weighted by Gasteiger charge is -2.23. The summed E-state index contributed by atoms with van der Waals surface area (Å²) in [4.78, 5) is 10.1. The minimum absolute atomic E-state index is 0.000494. The Bertz CT molecular complexity index is 433. The normalized spacial score (nSPS) is 19.5. The molecular formula is C12H15ClN2O3. The molecule has 5 nitrogen and oxygen atoms in total. The van der Waals surface area contributed by atoms with Gasteiger partial charge in [-0.1, -0.05) is 11.6 Å². The number of halogens is 1. The van der Waals surface area contributed by atoms with E-state index in [4.69, 9.17) is 16.3 Å². The molecule has 0 saturated carbocycles. The van der Waals surface area contributed by atoms with E-state index in [1.54, 1.807) is 6.07 Å². The van der Waals surface area contributed by atoms with Crippen LogP contribution in [0.1, 0.15) is 19.3 Å². The van der Waals surface area contributed by atoms with Gasteiger partial charge in [-0.2, -0.15) is 0 Å². The van der Waals surface area contributed by atoms with Crippen molar-refractivity contribution >= 4 is 23.0 Å². The van der Waals surface area contributed by atoms with Crippen LogP contribution in [0.4, 0.5) is 11.4 Å². The first kappa shape index (κ1) is 13.1. The van der Waals surface area contributed by atoms with Crippen molar-refractivity contribution in [1.29, 1.82) is 0 Å². The smallest absolute Gasteiger partial charge is 0.271 e. The van der Waals surface area contributed by atoms with Crippen LogP contribution in [0.3, 0.4) is 0 Å². The Morgan fingerprint density at radius 2 is 2.33 bits per heavy atom. The van der Waals surface area contributed by atoms with Gasteiger partial charge in [-0.25, -0.2) is 0 Å². The van der Waals surface area contributed by atoms with Gasteiger partial charge in [0.15, 0.2) is 0 Å². The number of benzene rings is 1. The molecule has 0 spiro atoms. The number of nitrogens with zero attached hydrogens (tertiary/aromatic N) is 1. The van der Waals surface area contributed by atoms with E-state index in [0.29, 0.717) is 17.3 Å². The van der Waals surface area contributed by atoms with Crippen molar-refractivity contribution in [2.75, 3.05) is 18.5 Å². The molecule has 6 heteroatoms. The third-order valence-corrected chi connectivity index (χ3v) is 3.27. The van der Waals surface area contributed by atoms with Gasteiger partial charge in [-0.15, -0.1) is 0 Å². The zero-order valence-electron chi connectivity index (χ0n) is 9.89. The number of anilines is 1. The van der Waals surface area contributed by atoms with Crippen LogP contribution in [-0.2, 0) is 4.74 Å². The summed E-state index contributed by atoms with van der Waals surface area (Å²) in [6, 6.07) is 4.42. The summed E-state index contributed by atoms with van der Waals surface area (Å²) >= 11 is 5.98. The molecule has 1 aliphatic rings. The van der Waals surface area contributed by atoms with Crippen LogP contribution in [0.25, 0.3) is 0 Å². The van der Waals surface area contributed by atoms with Crippen LogP contribution in [0.15, 0.2) is 18.2 Å². The van der Waals surface area contributed by atoms with Gasteiger partial charge in [-0.3, -0.25) is 10.1 Å². The van der Waals surface area contributed by atoms with E-state index in [1.807, 2.05) is 0 Å². The molecule has 0 amide bonds. The van der Waals surface area contributed by atoms with Crippen molar-refractivity contribution in [2.24, 2.45) is 0 Å². The first-order valence-electron chi connectivity index (χ1n) is 5.96. The predicted octanol–water partition coefficient (Wildman–Crippen LogP) is 3.23. The number of hydrogen-bond donors (Lipinski definition) is 1. The Hall–Kier alpha value is -1.33. The molecule has 98 valence electrons. The largest absolute Gasteiger partial charge is 0.381 e. The molecule has 1 aromatic rings. The van der Waals surface area contributed by atoms with Crippen molar-refractivity contribution in [3.8, 4) is 0 Å². The second-order valence-corrected chi connectivity index (χ2v) is 4.70. The summed E-state index contributed by atoms with van der Waals surface area (Å²) in [6.45, 7) is 1.48. The van der Waals surface area contributed by atoms with Gasteiger partial charge in [-0.05, 0) is 25.3 Å². The zero-order chi connectivity index (χ0) is 13.0. The lowest BCUT2D eigenvalue weighted by Crippen LogP contribution is -2.27. The monoisotopic (exact) mass is 270 g/mol. The number of nitro groups is 1. The number of nitrogens with one attached hydrogen (secondary N) is 1. The number of nitro benzene ring substituents is 1. The van der Waals surface area contributed by atoms with E-state index in [2.05, 4.69) is 5.32 Å². The highest BCUT2D eigenvalue weighted by molar-refractivity contribution is 6.33. The Kier molecular flexibility index (Phi) is 4.38. The number of hydrogen-bond acceptors (Lipinski definition) is 4. The minimum Gasteiger partial charge on any atom is -0.381 e. The fourth-order valence-electron chi connectivity index (χ4n) is 1.95. The Morgan fingerprint density at radius 1 is 1.50 bits per heavy atom. The SMILES string of the molecule is O=[N+]([O-])c1ccc(NCC2CCCCO2)c(Cl)c1. The molecule has 1 aromatic carbocycles. The molecule has 1 aliphatic heterocycles. The molecule has 0 radical (unpaired) electrons. The van der Waals surface area contributed by atoms with Crippen molar-refractivity contribution in [1.82, 2.24) is 0 Å². The van der Waals surface area contributed by atoms with Crippen molar-refractivity contribution in [2.45, 2.75) is 25.4 Å². The second-order valence-electron chi connectivity index (χ2n) is 4.29. The van der Waals surface area contributed by atoms with Crippen LogP contribution in [-0.4, -0.2) is 24.2 Å². The molecule has 0 bridgehead atoms. The molecule has 1 saturated heterocycles. The van der Waals surface area contributed by atoms with Gasteiger partial charge in [0, 0.05) is 25.3 Å². The lowest BCUT2D eigenvalue weighted by molar-refractivity contribution is -0.384. The number of ether oxygens (including phenoxy) is 1. The van der Waals surface area contributed by atoms with E-state index in [0.717, 1.165) is 19.4 Å². The van der Waals surface area contributed by atoms with Gasteiger partial charge in [0.1, 0.15) is 0 Å². The first-order chi connectivity index (χ1) is 8.66. The Morgan fingerprint density at radius 3 is 2.94 bits per heavy atom. The average Bonchev–Trinajstić information content (AvgIpc) is 2.38. The summed E-state index contributed by atoms with van der Waals surface area (Å²) in [5, 5.41) is 14.1. The van der Waals surface area contributed by atoms with E-state index >= 15 is 0 Å². The molecule has 0 aliphatic carbocycles. The van der Waals surface area contributed by atoms with Gasteiger partial charge in [0.25, 0.3) is 5.69 Å². The number of non-ortho nitro benzene ring substituents is 1. The Balaban J connectivity index is 1.94. The second kappa shape index (κ2) is 6.02. The summed E-state index contributed by atoms with van der Waals surface area (Å²) in [5.41, 5.74) is 0.705. The van der Waals surface area contributed by atoms with Gasteiger partial charge in [0.05, 0.1) is 21.7 Å². The Labute approximate surface area is 110 Å². The highest BCUT2D eigenvalue weighted by atomic mass is 35.5. The molecule has 1 unspecified atom stereocenters. The molecule has 0 aromatic heterocycles. The molecular weight excluding hydrogens is 256 g/mol. The third kappa shape index (κ3) is 3.34. The topological polar surface area (TPSA) is 64.4 Å². The van der Waals surface area contributed by atoms with Gasteiger partial charge < -0.3 is 10.1 Å². The van der Waals surface area contributed by atoms with Crippen molar-refractivity contribution in [3.05, 3.63) is 33.3 Å². The first-order valence-corrected chi connectivity index (χ1v) is 6.34. The molecule has 1 fully saturated rings. The van der Waals surface area contributed by atoms with Crippen LogP contribution in [0.5, 0.6) is 0 Å². The number of rotatable bonds is 4. The van der Waals surface area contributed by atoms with Crippen LogP contribution in [0, 0.1) is 10.1 Å². The van der Waals surface area contributed by atoms with E-state index < -0.39 is 4.92 Å². The van der Waals surface area contributed by atoms with E-state index in [-0.39, 0.29) is 11.8 Å². The minimum atomic E-state index is -0.458. The summed E-state index contributed by atoms with van der Waals surface area (Å²) in [7, 11) is 0. The third-order valence-electron chi connectivity index (χ3n) is 2.96.